The maximum atomic E-state index is 12.6. The molecule has 0 bridgehead atoms. The molecule has 0 aliphatic heterocycles. The molecule has 0 unspecified atom stereocenters. The van der Waals surface area contributed by atoms with Crippen LogP contribution >= 0.6 is 0 Å². The number of carbonyl (C=O) groups excluding carboxylic acids is 3. The lowest BCUT2D eigenvalue weighted by Crippen LogP contribution is -2.30. The van der Waals surface area contributed by atoms with Crippen molar-refractivity contribution in [1.82, 2.24) is 0 Å². The normalized spacial score (nSPS) is 11.9. The molecule has 0 saturated heterocycles. The predicted octanol–water partition coefficient (Wildman–Crippen LogP) is 13.9. The van der Waals surface area contributed by atoms with Gasteiger partial charge in [-0.15, -0.1) is 0 Å². The highest BCUT2D eigenvalue weighted by Gasteiger charge is 2.19. The van der Waals surface area contributed by atoms with E-state index in [9.17, 15) is 14.4 Å². The van der Waals surface area contributed by atoms with Crippen LogP contribution in [0.2, 0.25) is 0 Å². The molecule has 0 fully saturated rings. The SMILES string of the molecule is CCCCCCCCCCCCCCCCCCCC(=O)OC[C@H](COC(=O)CCCCCCCCC)OC(=O)CCCCCCCCC(C)C. The Bertz CT molecular complexity index is 766. The summed E-state index contributed by atoms with van der Waals surface area (Å²) in [5.41, 5.74) is 0. The summed E-state index contributed by atoms with van der Waals surface area (Å²) in [4.78, 5) is 37.5. The van der Waals surface area contributed by atoms with Gasteiger partial charge in [0.1, 0.15) is 13.2 Å². The van der Waals surface area contributed by atoms with E-state index in [4.69, 9.17) is 14.2 Å². The fourth-order valence-corrected chi connectivity index (χ4v) is 6.63. The minimum absolute atomic E-state index is 0.0654. The van der Waals surface area contributed by atoms with Crippen LogP contribution in [0, 0.1) is 5.92 Å². The number of hydrogen-bond acceptors (Lipinski definition) is 6. The highest BCUT2D eigenvalue weighted by molar-refractivity contribution is 5.71. The van der Waals surface area contributed by atoms with Crippen molar-refractivity contribution < 1.29 is 28.6 Å². The lowest BCUT2D eigenvalue weighted by molar-refractivity contribution is -0.167. The van der Waals surface area contributed by atoms with Crippen LogP contribution < -0.4 is 0 Å². The van der Waals surface area contributed by atoms with Gasteiger partial charge in [-0.3, -0.25) is 14.4 Å². The van der Waals surface area contributed by atoms with Crippen molar-refractivity contribution in [2.75, 3.05) is 13.2 Å². The van der Waals surface area contributed by atoms with Crippen molar-refractivity contribution in [3.8, 4) is 0 Å². The van der Waals surface area contributed by atoms with Gasteiger partial charge in [-0.25, -0.2) is 0 Å². The van der Waals surface area contributed by atoms with Crippen molar-refractivity contribution in [2.24, 2.45) is 5.92 Å². The molecule has 0 spiro atoms. The summed E-state index contributed by atoms with van der Waals surface area (Å²) in [7, 11) is 0. The number of rotatable bonds is 40. The van der Waals surface area contributed by atoms with Gasteiger partial charge in [-0.1, -0.05) is 207 Å². The maximum Gasteiger partial charge on any atom is 0.306 e. The van der Waals surface area contributed by atoms with Crippen LogP contribution in [0.1, 0.15) is 246 Å². The number of hydrogen-bond donors (Lipinski definition) is 0. The number of carbonyl (C=O) groups is 3. The Morgan fingerprint density at radius 2 is 0.647 bits per heavy atom. The zero-order chi connectivity index (χ0) is 37.5. The summed E-state index contributed by atoms with van der Waals surface area (Å²) < 4.78 is 16.6. The fourth-order valence-electron chi connectivity index (χ4n) is 6.63. The highest BCUT2D eigenvalue weighted by Crippen LogP contribution is 2.16. The second-order valence-corrected chi connectivity index (χ2v) is 15.8. The summed E-state index contributed by atoms with van der Waals surface area (Å²) in [6.45, 7) is 8.88. The van der Waals surface area contributed by atoms with E-state index < -0.39 is 6.10 Å². The zero-order valence-corrected chi connectivity index (χ0v) is 34.6. The third-order valence-corrected chi connectivity index (χ3v) is 10.0. The first-order valence-electron chi connectivity index (χ1n) is 22.4. The van der Waals surface area contributed by atoms with Crippen LogP contribution in [-0.4, -0.2) is 37.2 Å². The van der Waals surface area contributed by atoms with Crippen LogP contribution in [0.15, 0.2) is 0 Å². The fraction of sp³-hybridized carbons (Fsp3) is 0.933. The van der Waals surface area contributed by atoms with E-state index in [1.54, 1.807) is 0 Å². The van der Waals surface area contributed by atoms with E-state index in [1.807, 2.05) is 0 Å². The van der Waals surface area contributed by atoms with Gasteiger partial charge in [-0.05, 0) is 25.2 Å². The summed E-state index contributed by atoms with van der Waals surface area (Å²) in [5.74, 6) is -0.108. The Labute approximate surface area is 317 Å². The maximum absolute atomic E-state index is 12.6. The molecule has 0 aliphatic rings. The molecule has 0 N–H and O–H groups in total. The molecule has 0 saturated carbocycles. The Balaban J connectivity index is 4.18. The molecule has 6 nitrogen and oxygen atoms in total. The molecule has 0 heterocycles. The minimum atomic E-state index is -0.758. The quantitative estimate of drug-likeness (QED) is 0.0356. The molecule has 0 aromatic heterocycles. The van der Waals surface area contributed by atoms with Crippen molar-refractivity contribution in [3.05, 3.63) is 0 Å². The summed E-state index contributed by atoms with van der Waals surface area (Å²) in [5, 5.41) is 0. The number of esters is 3. The van der Waals surface area contributed by atoms with Gasteiger partial charge in [0.25, 0.3) is 0 Å². The van der Waals surface area contributed by atoms with Gasteiger partial charge in [0.2, 0.25) is 0 Å². The third-order valence-electron chi connectivity index (χ3n) is 10.0. The molecule has 0 radical (unpaired) electrons. The second kappa shape index (κ2) is 39.6. The van der Waals surface area contributed by atoms with E-state index in [2.05, 4.69) is 27.7 Å². The van der Waals surface area contributed by atoms with Gasteiger partial charge in [0.05, 0.1) is 0 Å². The molecular weight excluding hydrogens is 636 g/mol. The lowest BCUT2D eigenvalue weighted by Gasteiger charge is -2.18. The zero-order valence-electron chi connectivity index (χ0n) is 34.6. The average molecular weight is 723 g/mol. The molecule has 0 rings (SSSR count). The molecule has 0 aromatic rings. The Hall–Kier alpha value is -1.59. The van der Waals surface area contributed by atoms with Crippen molar-refractivity contribution in [1.29, 1.82) is 0 Å². The van der Waals surface area contributed by atoms with Crippen LogP contribution in [-0.2, 0) is 28.6 Å². The van der Waals surface area contributed by atoms with Crippen molar-refractivity contribution in [2.45, 2.75) is 252 Å². The van der Waals surface area contributed by atoms with Gasteiger partial charge in [-0.2, -0.15) is 0 Å². The smallest absolute Gasteiger partial charge is 0.306 e. The first-order chi connectivity index (χ1) is 24.9. The molecule has 51 heavy (non-hydrogen) atoms. The van der Waals surface area contributed by atoms with E-state index in [0.29, 0.717) is 19.3 Å². The van der Waals surface area contributed by atoms with Crippen LogP contribution in [0.25, 0.3) is 0 Å². The Kier molecular flexibility index (Phi) is 38.4. The minimum Gasteiger partial charge on any atom is -0.462 e. The third kappa shape index (κ3) is 39.5. The van der Waals surface area contributed by atoms with Gasteiger partial charge >= 0.3 is 17.9 Å². The molecule has 302 valence electrons. The largest absolute Gasteiger partial charge is 0.462 e. The van der Waals surface area contributed by atoms with Crippen molar-refractivity contribution in [3.63, 3.8) is 0 Å². The van der Waals surface area contributed by atoms with Gasteiger partial charge in [0, 0.05) is 19.3 Å². The average Bonchev–Trinajstić information content (AvgIpc) is 3.11. The molecule has 0 aromatic carbocycles. The highest BCUT2D eigenvalue weighted by atomic mass is 16.6. The Morgan fingerprint density at radius 1 is 0.373 bits per heavy atom. The first-order valence-corrected chi connectivity index (χ1v) is 22.4. The molecule has 0 amide bonds. The predicted molar refractivity (Wildman–Crippen MR) is 215 cm³/mol. The summed E-state index contributed by atoms with van der Waals surface area (Å²) in [6.07, 6.45) is 38.3. The monoisotopic (exact) mass is 723 g/mol. The summed E-state index contributed by atoms with van der Waals surface area (Å²) in [6, 6.07) is 0. The van der Waals surface area contributed by atoms with Gasteiger partial charge < -0.3 is 14.2 Å². The Morgan fingerprint density at radius 3 is 0.961 bits per heavy atom. The van der Waals surface area contributed by atoms with Crippen molar-refractivity contribution >= 4 is 17.9 Å². The van der Waals surface area contributed by atoms with Crippen LogP contribution in [0.5, 0.6) is 0 Å². The molecular formula is C45H86O6. The second-order valence-electron chi connectivity index (χ2n) is 15.8. The molecule has 0 aliphatic carbocycles. The summed E-state index contributed by atoms with van der Waals surface area (Å²) >= 11 is 0. The molecule has 1 atom stereocenters. The van der Waals surface area contributed by atoms with Gasteiger partial charge in [0.15, 0.2) is 6.10 Å². The lowest BCUT2D eigenvalue weighted by atomic mass is 10.0. The topological polar surface area (TPSA) is 78.9 Å². The standard InChI is InChI=1S/C45H86O6/c1-5-7-9-11-13-14-15-16-17-18-19-20-21-22-24-29-33-37-44(47)50-40-42(39-49-43(46)36-32-28-23-12-10-8-6-2)51-45(48)38-34-30-26-25-27-31-35-41(3)4/h41-42H,5-40H2,1-4H3/t42-/m0/s1. The van der Waals surface area contributed by atoms with E-state index >= 15 is 0 Å². The number of ether oxygens (including phenoxy) is 3. The molecule has 6 heteroatoms. The van der Waals surface area contributed by atoms with Crippen LogP contribution in [0.4, 0.5) is 0 Å². The van der Waals surface area contributed by atoms with Crippen LogP contribution in [0.3, 0.4) is 0 Å². The van der Waals surface area contributed by atoms with E-state index in [-0.39, 0.29) is 31.1 Å². The van der Waals surface area contributed by atoms with E-state index in [1.165, 1.54) is 141 Å². The number of unbranched alkanes of at least 4 members (excludes halogenated alkanes) is 27. The van der Waals surface area contributed by atoms with E-state index in [0.717, 1.165) is 63.7 Å². The first kappa shape index (κ1) is 49.4.